The van der Waals surface area contributed by atoms with Crippen molar-refractivity contribution in [3.63, 3.8) is 0 Å². The fourth-order valence-corrected chi connectivity index (χ4v) is 4.21. The molecule has 0 aromatic heterocycles. The van der Waals surface area contributed by atoms with Crippen LogP contribution in [0.25, 0.3) is 0 Å². The number of carbonyl (C=O) groups excluding carboxylic acids is 2. The number of fused-ring (bicyclic) bond motifs is 1. The standard InChI is InChI=1S/C15H14ClN3O5S/c16-8-5-25-14-10(13(22)19(14)11(8)15(23)24)18-12(21)9(17)6-1-3-7(20)4-2-6/h1-4,9-10,14,20H,5,17H2,(H,18,21)(H,23,24)/t9?,10?,14-/m0/s1. The van der Waals surface area contributed by atoms with Gasteiger partial charge in [-0.15, -0.1) is 11.8 Å². The van der Waals surface area contributed by atoms with E-state index in [1.807, 2.05) is 0 Å². The van der Waals surface area contributed by atoms with Crippen LogP contribution in [0, 0.1) is 0 Å². The van der Waals surface area contributed by atoms with Crippen molar-refractivity contribution in [3.05, 3.63) is 40.6 Å². The molecular formula is C15H14ClN3O5S. The summed E-state index contributed by atoms with van der Waals surface area (Å²) in [6, 6.07) is 3.95. The van der Waals surface area contributed by atoms with Gasteiger partial charge in [-0.1, -0.05) is 23.7 Å². The van der Waals surface area contributed by atoms with Gasteiger partial charge in [-0.05, 0) is 17.7 Å². The number of aliphatic carboxylic acids is 1. The van der Waals surface area contributed by atoms with Crippen molar-refractivity contribution in [1.29, 1.82) is 0 Å². The van der Waals surface area contributed by atoms with E-state index in [0.717, 1.165) is 4.90 Å². The molecule has 0 bridgehead atoms. The highest BCUT2D eigenvalue weighted by Gasteiger charge is 2.54. The van der Waals surface area contributed by atoms with Crippen LogP contribution in [0.1, 0.15) is 11.6 Å². The molecule has 1 aromatic rings. The van der Waals surface area contributed by atoms with Gasteiger partial charge in [0.15, 0.2) is 0 Å². The largest absolute Gasteiger partial charge is 0.508 e. The second-order valence-corrected chi connectivity index (χ2v) is 7.09. The number of β-lactam (4-membered cyclic amide) rings is 1. The van der Waals surface area contributed by atoms with E-state index in [9.17, 15) is 24.6 Å². The van der Waals surface area contributed by atoms with Crippen LogP contribution in [-0.2, 0) is 14.4 Å². The third-order valence-electron chi connectivity index (χ3n) is 3.96. The minimum Gasteiger partial charge on any atom is -0.508 e. The molecule has 25 heavy (non-hydrogen) atoms. The average molecular weight is 384 g/mol. The topological polar surface area (TPSA) is 133 Å². The number of nitrogens with zero attached hydrogens (tertiary/aromatic N) is 1. The van der Waals surface area contributed by atoms with Crippen molar-refractivity contribution in [2.75, 3.05) is 5.75 Å². The van der Waals surface area contributed by atoms with Crippen LogP contribution in [0.3, 0.4) is 0 Å². The predicted octanol–water partition coefficient (Wildman–Crippen LogP) is 0.327. The number of aromatic hydroxyl groups is 1. The summed E-state index contributed by atoms with van der Waals surface area (Å²) >= 11 is 7.16. The predicted molar refractivity (Wildman–Crippen MR) is 90.6 cm³/mol. The quantitative estimate of drug-likeness (QED) is 0.550. The van der Waals surface area contributed by atoms with E-state index in [0.29, 0.717) is 5.56 Å². The number of hydrogen-bond donors (Lipinski definition) is 4. The Labute approximate surface area is 151 Å². The smallest absolute Gasteiger partial charge is 0.353 e. The molecule has 8 nitrogen and oxygen atoms in total. The molecule has 2 heterocycles. The molecule has 2 amide bonds. The summed E-state index contributed by atoms with van der Waals surface area (Å²) in [7, 11) is 0. The summed E-state index contributed by atoms with van der Waals surface area (Å²) in [5.74, 6) is -2.10. The number of thioether (sulfide) groups is 1. The van der Waals surface area contributed by atoms with Gasteiger partial charge in [0, 0.05) is 5.75 Å². The lowest BCUT2D eigenvalue weighted by atomic mass is 10.0. The second kappa shape index (κ2) is 6.58. The maximum Gasteiger partial charge on any atom is 0.353 e. The number of nitrogens with two attached hydrogens (primary N) is 1. The van der Waals surface area contributed by atoms with Crippen molar-refractivity contribution in [2.45, 2.75) is 17.5 Å². The molecule has 132 valence electrons. The second-order valence-electron chi connectivity index (χ2n) is 5.52. The van der Waals surface area contributed by atoms with Crippen LogP contribution < -0.4 is 11.1 Å². The Morgan fingerprint density at radius 2 is 2.00 bits per heavy atom. The van der Waals surface area contributed by atoms with Gasteiger partial charge in [0.05, 0.1) is 5.03 Å². The molecule has 10 heteroatoms. The van der Waals surface area contributed by atoms with Gasteiger partial charge >= 0.3 is 5.97 Å². The van der Waals surface area contributed by atoms with Gasteiger partial charge < -0.3 is 21.3 Å². The van der Waals surface area contributed by atoms with E-state index in [1.165, 1.54) is 36.0 Å². The summed E-state index contributed by atoms with van der Waals surface area (Å²) in [5.41, 5.74) is 6.11. The molecule has 1 aromatic carbocycles. The average Bonchev–Trinajstić information content (AvgIpc) is 2.58. The molecule has 1 fully saturated rings. The van der Waals surface area contributed by atoms with E-state index < -0.39 is 35.2 Å². The van der Waals surface area contributed by atoms with E-state index in [2.05, 4.69) is 5.32 Å². The Bertz CT molecular complexity index is 782. The van der Waals surface area contributed by atoms with Gasteiger partial charge in [-0.25, -0.2) is 4.79 Å². The van der Waals surface area contributed by atoms with Crippen molar-refractivity contribution < 1.29 is 24.6 Å². The number of hydrogen-bond acceptors (Lipinski definition) is 6. The third kappa shape index (κ3) is 3.06. The lowest BCUT2D eigenvalue weighted by molar-refractivity contribution is -0.150. The van der Waals surface area contributed by atoms with E-state index in [4.69, 9.17) is 17.3 Å². The first kappa shape index (κ1) is 17.6. The highest BCUT2D eigenvalue weighted by atomic mass is 35.5. The molecule has 1 saturated heterocycles. The van der Waals surface area contributed by atoms with Gasteiger partial charge in [-0.2, -0.15) is 0 Å². The van der Waals surface area contributed by atoms with Crippen LogP contribution in [0.5, 0.6) is 5.75 Å². The minimum absolute atomic E-state index is 0.0460. The van der Waals surface area contributed by atoms with Crippen molar-refractivity contribution >= 4 is 41.1 Å². The SMILES string of the molecule is NC(C(=O)NC1C(=O)N2C(C(=O)O)=C(Cl)CS[C@@H]12)c1ccc(O)cc1. The monoisotopic (exact) mass is 383 g/mol. The lowest BCUT2D eigenvalue weighted by Gasteiger charge is -2.48. The Balaban J connectivity index is 1.71. The van der Waals surface area contributed by atoms with Gasteiger partial charge in [-0.3, -0.25) is 14.5 Å². The van der Waals surface area contributed by atoms with Crippen LogP contribution in [0.15, 0.2) is 35.0 Å². The summed E-state index contributed by atoms with van der Waals surface area (Å²) in [5, 5.41) is 20.6. The molecule has 0 spiro atoms. The van der Waals surface area contributed by atoms with Crippen LogP contribution in [0.2, 0.25) is 0 Å². The summed E-state index contributed by atoms with van der Waals surface area (Å²) in [6.07, 6.45) is 0. The molecule has 2 aliphatic rings. The summed E-state index contributed by atoms with van der Waals surface area (Å²) in [6.45, 7) is 0. The molecule has 3 rings (SSSR count). The number of phenolic OH excluding ortho intramolecular Hbond substituents is 1. The first-order valence-electron chi connectivity index (χ1n) is 7.22. The normalized spacial score (nSPS) is 23.6. The van der Waals surface area contributed by atoms with Gasteiger partial charge in [0.1, 0.15) is 28.9 Å². The highest BCUT2D eigenvalue weighted by molar-refractivity contribution is 8.00. The molecule has 2 aliphatic heterocycles. The lowest BCUT2D eigenvalue weighted by Crippen LogP contribution is -2.70. The van der Waals surface area contributed by atoms with Gasteiger partial charge in [0.25, 0.3) is 5.91 Å². The number of carbonyl (C=O) groups is 3. The minimum atomic E-state index is -1.28. The third-order valence-corrected chi connectivity index (χ3v) is 5.71. The molecule has 0 radical (unpaired) electrons. The molecule has 0 saturated carbocycles. The van der Waals surface area contributed by atoms with Gasteiger partial charge in [0.2, 0.25) is 5.91 Å². The first-order chi connectivity index (χ1) is 11.8. The number of phenols is 1. The first-order valence-corrected chi connectivity index (χ1v) is 8.65. The maximum atomic E-state index is 12.3. The van der Waals surface area contributed by atoms with Crippen LogP contribution in [0.4, 0.5) is 0 Å². The van der Waals surface area contributed by atoms with Crippen molar-refractivity contribution in [1.82, 2.24) is 10.2 Å². The number of nitrogens with one attached hydrogen (secondary N) is 1. The van der Waals surface area contributed by atoms with Crippen molar-refractivity contribution in [2.24, 2.45) is 5.73 Å². The van der Waals surface area contributed by atoms with Crippen LogP contribution >= 0.6 is 23.4 Å². The van der Waals surface area contributed by atoms with E-state index in [1.54, 1.807) is 0 Å². The zero-order chi connectivity index (χ0) is 18.3. The Hall–Kier alpha value is -2.23. The molecule has 2 unspecified atom stereocenters. The zero-order valence-corrected chi connectivity index (χ0v) is 14.3. The summed E-state index contributed by atoms with van der Waals surface area (Å²) in [4.78, 5) is 36.9. The Morgan fingerprint density at radius 1 is 1.36 bits per heavy atom. The molecule has 3 atom stereocenters. The van der Waals surface area contributed by atoms with E-state index in [-0.39, 0.29) is 22.2 Å². The molecule has 0 aliphatic carbocycles. The fourth-order valence-electron chi connectivity index (χ4n) is 2.66. The fraction of sp³-hybridized carbons (Fsp3) is 0.267. The molecule has 5 N–H and O–H groups in total. The Kier molecular flexibility index (Phi) is 4.63. The number of amides is 2. The summed E-state index contributed by atoms with van der Waals surface area (Å²) < 4.78 is 0. The van der Waals surface area contributed by atoms with Crippen molar-refractivity contribution in [3.8, 4) is 5.75 Å². The number of benzene rings is 1. The zero-order valence-electron chi connectivity index (χ0n) is 12.7. The maximum absolute atomic E-state index is 12.3. The number of halogens is 1. The Morgan fingerprint density at radius 3 is 2.60 bits per heavy atom. The number of rotatable bonds is 4. The highest BCUT2D eigenvalue weighted by Crippen LogP contribution is 2.41. The number of carboxylic acid groups (broad SMARTS) is 1. The van der Waals surface area contributed by atoms with E-state index >= 15 is 0 Å². The number of carboxylic acids is 1. The molecular weight excluding hydrogens is 370 g/mol. The van der Waals surface area contributed by atoms with Crippen LogP contribution in [-0.4, -0.2) is 50.1 Å².